The molecule has 21 heavy (non-hydrogen) atoms. The lowest BCUT2D eigenvalue weighted by atomic mass is 9.90. The molecule has 2 heterocycles. The summed E-state index contributed by atoms with van der Waals surface area (Å²) in [7, 11) is 3.20. The van der Waals surface area contributed by atoms with Crippen LogP contribution >= 0.6 is 12.4 Å². The number of amides is 1. The van der Waals surface area contributed by atoms with E-state index >= 15 is 0 Å². The number of nitrogens with zero attached hydrogens (tertiary/aromatic N) is 2. The van der Waals surface area contributed by atoms with E-state index in [0.717, 1.165) is 12.1 Å². The van der Waals surface area contributed by atoms with E-state index in [0.29, 0.717) is 13.1 Å². The molecule has 0 aliphatic carbocycles. The first kappa shape index (κ1) is 17.5. The van der Waals surface area contributed by atoms with Crippen LogP contribution in [0.25, 0.3) is 0 Å². The summed E-state index contributed by atoms with van der Waals surface area (Å²) in [6, 6.07) is 0. The summed E-state index contributed by atoms with van der Waals surface area (Å²) in [4.78, 5) is 23.2. The number of rotatable bonds is 5. The van der Waals surface area contributed by atoms with Crippen molar-refractivity contribution in [2.24, 2.45) is 13.0 Å². The van der Waals surface area contributed by atoms with Gasteiger partial charge in [-0.1, -0.05) is 0 Å². The van der Waals surface area contributed by atoms with Crippen molar-refractivity contribution in [2.75, 3.05) is 26.7 Å². The number of esters is 1. The minimum Gasteiger partial charge on any atom is -0.469 e. The number of carbonyl (C=O) groups is 2. The SMILES string of the molecule is COC(=O)CCNC(=O)[C@H]1CNC[C@@H]1c1cnn(C)c1.Cl. The second-order valence-electron chi connectivity index (χ2n) is 4.94. The minimum absolute atomic E-state index is 0. The molecule has 8 heteroatoms. The molecule has 1 aromatic heterocycles. The standard InChI is InChI=1S/C13H20N4O3.ClH/c1-17-8-9(5-16-17)10-6-14-7-11(10)13(19)15-4-3-12(18)20-2;/h5,8,10-11,14H,3-4,6-7H2,1-2H3,(H,15,19);1H/t10-,11+;/m1./s1. The summed E-state index contributed by atoms with van der Waals surface area (Å²) in [6.07, 6.45) is 3.93. The number of hydrogen-bond acceptors (Lipinski definition) is 5. The Morgan fingerprint density at radius 1 is 1.52 bits per heavy atom. The van der Waals surface area contributed by atoms with Crippen molar-refractivity contribution in [3.8, 4) is 0 Å². The number of methoxy groups -OCH3 is 1. The highest BCUT2D eigenvalue weighted by Crippen LogP contribution is 2.27. The van der Waals surface area contributed by atoms with Crippen molar-refractivity contribution in [1.82, 2.24) is 20.4 Å². The van der Waals surface area contributed by atoms with Crippen LogP contribution in [-0.4, -0.2) is 48.4 Å². The van der Waals surface area contributed by atoms with Gasteiger partial charge in [0.05, 0.1) is 25.6 Å². The van der Waals surface area contributed by atoms with Crippen molar-refractivity contribution < 1.29 is 14.3 Å². The van der Waals surface area contributed by atoms with E-state index in [1.54, 1.807) is 10.9 Å². The van der Waals surface area contributed by atoms with Gasteiger partial charge in [0.1, 0.15) is 0 Å². The molecule has 2 atom stereocenters. The molecular formula is C13H21ClN4O3. The topological polar surface area (TPSA) is 85.2 Å². The van der Waals surface area contributed by atoms with E-state index in [4.69, 9.17) is 0 Å². The summed E-state index contributed by atoms with van der Waals surface area (Å²) < 4.78 is 6.27. The third-order valence-electron chi connectivity index (χ3n) is 3.56. The molecule has 1 fully saturated rings. The van der Waals surface area contributed by atoms with Crippen LogP contribution in [0.15, 0.2) is 12.4 Å². The summed E-state index contributed by atoms with van der Waals surface area (Å²) in [5, 5.41) is 10.2. The molecule has 7 nitrogen and oxygen atoms in total. The largest absolute Gasteiger partial charge is 0.469 e. The monoisotopic (exact) mass is 316 g/mol. The summed E-state index contributed by atoms with van der Waals surface area (Å²) in [6.45, 7) is 1.71. The average Bonchev–Trinajstić information content (AvgIpc) is 3.06. The molecule has 1 amide bonds. The minimum atomic E-state index is -0.321. The van der Waals surface area contributed by atoms with E-state index in [2.05, 4.69) is 20.5 Å². The first-order valence-electron chi connectivity index (χ1n) is 6.65. The van der Waals surface area contributed by atoms with Crippen molar-refractivity contribution in [2.45, 2.75) is 12.3 Å². The van der Waals surface area contributed by atoms with Gasteiger partial charge in [-0.05, 0) is 5.56 Å². The van der Waals surface area contributed by atoms with E-state index in [9.17, 15) is 9.59 Å². The van der Waals surface area contributed by atoms with Crippen LogP contribution < -0.4 is 10.6 Å². The van der Waals surface area contributed by atoms with E-state index in [-0.39, 0.29) is 42.5 Å². The fourth-order valence-electron chi connectivity index (χ4n) is 2.46. The summed E-state index contributed by atoms with van der Waals surface area (Å²) >= 11 is 0. The lowest BCUT2D eigenvalue weighted by Crippen LogP contribution is -2.35. The maximum atomic E-state index is 12.2. The van der Waals surface area contributed by atoms with Crippen LogP contribution in [0.4, 0.5) is 0 Å². The Bertz CT molecular complexity index is 492. The number of aryl methyl sites for hydroxylation is 1. The molecule has 2 N–H and O–H groups in total. The van der Waals surface area contributed by atoms with Crippen molar-refractivity contribution >= 4 is 24.3 Å². The maximum Gasteiger partial charge on any atom is 0.307 e. The molecule has 0 bridgehead atoms. The van der Waals surface area contributed by atoms with Gasteiger partial charge in [-0.2, -0.15) is 5.10 Å². The second kappa shape index (κ2) is 7.99. The van der Waals surface area contributed by atoms with Gasteiger partial charge in [0.25, 0.3) is 0 Å². The third-order valence-corrected chi connectivity index (χ3v) is 3.56. The number of carbonyl (C=O) groups excluding carboxylic acids is 2. The van der Waals surface area contributed by atoms with E-state index in [1.165, 1.54) is 7.11 Å². The Kier molecular flexibility index (Phi) is 6.64. The zero-order valence-electron chi connectivity index (χ0n) is 12.2. The Morgan fingerprint density at radius 3 is 2.90 bits per heavy atom. The van der Waals surface area contributed by atoms with Gasteiger partial charge in [0.2, 0.25) is 5.91 Å². The molecule has 1 saturated heterocycles. The van der Waals surface area contributed by atoms with Crippen molar-refractivity contribution in [3.05, 3.63) is 18.0 Å². The van der Waals surface area contributed by atoms with Crippen LogP contribution in [0.1, 0.15) is 17.9 Å². The summed E-state index contributed by atoms with van der Waals surface area (Å²) in [5.74, 6) is -0.356. The normalized spacial score (nSPS) is 20.7. The highest BCUT2D eigenvalue weighted by atomic mass is 35.5. The third kappa shape index (κ3) is 4.44. The Labute approximate surface area is 129 Å². The lowest BCUT2D eigenvalue weighted by Gasteiger charge is -2.16. The lowest BCUT2D eigenvalue weighted by molar-refractivity contribution is -0.140. The molecule has 1 aliphatic rings. The fraction of sp³-hybridized carbons (Fsp3) is 0.615. The first-order valence-corrected chi connectivity index (χ1v) is 6.65. The summed E-state index contributed by atoms with van der Waals surface area (Å²) in [5.41, 5.74) is 1.06. The van der Waals surface area contributed by atoms with Crippen LogP contribution in [0, 0.1) is 5.92 Å². The number of halogens is 1. The predicted molar refractivity (Wildman–Crippen MR) is 79.2 cm³/mol. The smallest absolute Gasteiger partial charge is 0.307 e. The van der Waals surface area contributed by atoms with E-state index < -0.39 is 0 Å². The second-order valence-corrected chi connectivity index (χ2v) is 4.94. The van der Waals surface area contributed by atoms with Gasteiger partial charge < -0.3 is 15.4 Å². The molecule has 0 aromatic carbocycles. The average molecular weight is 317 g/mol. The number of aromatic nitrogens is 2. The van der Waals surface area contributed by atoms with Gasteiger partial charge >= 0.3 is 5.97 Å². The van der Waals surface area contributed by atoms with Crippen LogP contribution in [-0.2, 0) is 21.4 Å². The highest BCUT2D eigenvalue weighted by molar-refractivity contribution is 5.85. The fourth-order valence-corrected chi connectivity index (χ4v) is 2.46. The van der Waals surface area contributed by atoms with Crippen molar-refractivity contribution in [3.63, 3.8) is 0 Å². The number of hydrogen-bond donors (Lipinski definition) is 2. The van der Waals surface area contributed by atoms with Gasteiger partial charge in [0.15, 0.2) is 0 Å². The maximum absolute atomic E-state index is 12.2. The predicted octanol–water partition coefficient (Wildman–Crippen LogP) is -0.176. The molecule has 1 aliphatic heterocycles. The molecule has 2 rings (SSSR count). The Balaban J connectivity index is 0.00000220. The van der Waals surface area contributed by atoms with Crippen LogP contribution in [0.2, 0.25) is 0 Å². The van der Waals surface area contributed by atoms with Crippen LogP contribution in [0.5, 0.6) is 0 Å². The molecule has 0 unspecified atom stereocenters. The highest BCUT2D eigenvalue weighted by Gasteiger charge is 2.34. The zero-order chi connectivity index (χ0) is 14.5. The molecule has 0 radical (unpaired) electrons. The quantitative estimate of drug-likeness (QED) is 0.736. The Hall–Kier alpha value is -1.60. The van der Waals surface area contributed by atoms with Crippen molar-refractivity contribution in [1.29, 1.82) is 0 Å². The molecule has 0 spiro atoms. The van der Waals surface area contributed by atoms with E-state index in [1.807, 2.05) is 13.2 Å². The zero-order valence-corrected chi connectivity index (χ0v) is 13.0. The number of nitrogens with one attached hydrogen (secondary N) is 2. The molecular weight excluding hydrogens is 296 g/mol. The van der Waals surface area contributed by atoms with Gasteiger partial charge in [-0.25, -0.2) is 0 Å². The molecule has 118 valence electrons. The Morgan fingerprint density at radius 2 is 2.29 bits per heavy atom. The van der Waals surface area contributed by atoms with Gasteiger partial charge in [-0.15, -0.1) is 12.4 Å². The van der Waals surface area contributed by atoms with Gasteiger partial charge in [0, 0.05) is 38.8 Å². The van der Waals surface area contributed by atoms with Crippen LogP contribution in [0.3, 0.4) is 0 Å². The van der Waals surface area contributed by atoms with Gasteiger partial charge in [-0.3, -0.25) is 14.3 Å². The molecule has 1 aromatic rings. The number of ether oxygens (including phenoxy) is 1. The first-order chi connectivity index (χ1) is 9.61. The molecule has 0 saturated carbocycles.